The highest BCUT2D eigenvalue weighted by Crippen LogP contribution is 2.33. The van der Waals surface area contributed by atoms with Gasteiger partial charge in [-0.25, -0.2) is 23.1 Å². The monoisotopic (exact) mass is 597 g/mol. The summed E-state index contributed by atoms with van der Waals surface area (Å²) in [6.07, 6.45) is 0.524. The molecular formula is C30H35N3O8S. The molecular weight excluding hydrogens is 562 g/mol. The number of rotatable bonds is 8. The van der Waals surface area contributed by atoms with E-state index in [0.717, 1.165) is 5.56 Å². The number of nitrogens with zero attached hydrogens (tertiary/aromatic N) is 2. The van der Waals surface area contributed by atoms with Gasteiger partial charge in [0.15, 0.2) is 0 Å². The van der Waals surface area contributed by atoms with Crippen molar-refractivity contribution in [3.8, 4) is 0 Å². The molecule has 0 aliphatic carbocycles. The maximum atomic E-state index is 13.4. The number of hydrogen-bond donors (Lipinski definition) is 1. The molecule has 4 rings (SSSR count). The molecule has 0 atom stereocenters. The second-order valence-electron chi connectivity index (χ2n) is 10.9. The van der Waals surface area contributed by atoms with E-state index in [0.29, 0.717) is 41.0 Å². The highest BCUT2D eigenvalue weighted by atomic mass is 32.2. The molecule has 0 spiro atoms. The summed E-state index contributed by atoms with van der Waals surface area (Å²) in [4.78, 5) is 39.9. The van der Waals surface area contributed by atoms with Crippen LogP contribution in [0.1, 0.15) is 66.7 Å². The van der Waals surface area contributed by atoms with Crippen molar-refractivity contribution in [2.75, 3.05) is 13.1 Å². The summed E-state index contributed by atoms with van der Waals surface area (Å²) in [7, 11) is -4.58. The number of likely N-dealkylation sites (tertiary alicyclic amines) is 1. The molecule has 1 aliphatic rings. The predicted molar refractivity (Wildman–Crippen MR) is 154 cm³/mol. The fourth-order valence-corrected chi connectivity index (χ4v) is 5.57. The average molecular weight is 598 g/mol. The van der Waals surface area contributed by atoms with Crippen molar-refractivity contribution in [1.82, 2.24) is 13.6 Å². The van der Waals surface area contributed by atoms with Crippen LogP contribution >= 0.6 is 0 Å². The topological polar surface area (TPSA) is 133 Å². The summed E-state index contributed by atoms with van der Waals surface area (Å²) < 4.78 is 45.2. The minimum Gasteiger partial charge on any atom is -0.456 e. The van der Waals surface area contributed by atoms with Gasteiger partial charge in [0.05, 0.1) is 0 Å². The van der Waals surface area contributed by atoms with Crippen LogP contribution in [0.15, 0.2) is 72.9 Å². The van der Waals surface area contributed by atoms with Crippen molar-refractivity contribution >= 4 is 28.4 Å². The fourth-order valence-electron chi connectivity index (χ4n) is 4.56. The zero-order valence-corrected chi connectivity index (χ0v) is 24.6. The molecule has 2 aromatic carbocycles. The van der Waals surface area contributed by atoms with Crippen LogP contribution in [0, 0.1) is 0 Å². The lowest BCUT2D eigenvalue weighted by Crippen LogP contribution is -2.41. The molecule has 0 bridgehead atoms. The van der Waals surface area contributed by atoms with Crippen molar-refractivity contribution < 1.29 is 37.0 Å². The van der Waals surface area contributed by atoms with Gasteiger partial charge in [-0.05, 0) is 62.3 Å². The lowest BCUT2D eigenvalue weighted by Gasteiger charge is -2.33. The number of piperidine rings is 1. The highest BCUT2D eigenvalue weighted by molar-refractivity contribution is 7.88. The molecule has 11 nitrogen and oxygen atoms in total. The van der Waals surface area contributed by atoms with Crippen molar-refractivity contribution in [3.05, 3.63) is 95.3 Å². The quantitative estimate of drug-likeness (QED) is 0.284. The Morgan fingerprint density at radius 3 is 1.95 bits per heavy atom. The van der Waals surface area contributed by atoms with E-state index in [9.17, 15) is 22.8 Å². The van der Waals surface area contributed by atoms with Gasteiger partial charge < -0.3 is 19.1 Å². The number of amides is 2. The molecule has 1 aliphatic heterocycles. The first-order chi connectivity index (χ1) is 19.9. The van der Waals surface area contributed by atoms with Crippen LogP contribution in [0.4, 0.5) is 9.59 Å². The second kappa shape index (κ2) is 13.1. The van der Waals surface area contributed by atoms with Gasteiger partial charge in [-0.1, -0.05) is 60.7 Å². The lowest BCUT2D eigenvalue weighted by molar-refractivity contribution is 0.0203. The maximum absolute atomic E-state index is 13.4. The molecule has 2 heterocycles. The minimum atomic E-state index is -4.58. The third-order valence-corrected chi connectivity index (χ3v) is 7.81. The Bertz CT molecular complexity index is 1490. The minimum absolute atomic E-state index is 0.0754. The van der Waals surface area contributed by atoms with Gasteiger partial charge in [0.2, 0.25) is 0 Å². The van der Waals surface area contributed by atoms with Crippen LogP contribution in [0.5, 0.6) is 0 Å². The second-order valence-corrected chi connectivity index (χ2v) is 12.4. The molecule has 0 saturated carbocycles. The number of esters is 1. The fraction of sp³-hybridized carbons (Fsp3) is 0.367. The van der Waals surface area contributed by atoms with Crippen molar-refractivity contribution in [1.29, 1.82) is 0 Å². The average Bonchev–Trinajstić information content (AvgIpc) is 3.42. The van der Waals surface area contributed by atoms with Gasteiger partial charge >= 0.3 is 28.4 Å². The first kappa shape index (κ1) is 30.6. The smallest absolute Gasteiger partial charge is 0.422 e. The Kier molecular flexibility index (Phi) is 9.56. The van der Waals surface area contributed by atoms with E-state index in [1.54, 1.807) is 80.3 Å². The molecule has 12 heteroatoms. The zero-order chi connectivity index (χ0) is 30.3. The highest BCUT2D eigenvalue weighted by Gasteiger charge is 2.34. The molecule has 1 saturated heterocycles. The third-order valence-electron chi connectivity index (χ3n) is 6.56. The molecule has 224 valence electrons. The summed E-state index contributed by atoms with van der Waals surface area (Å²) >= 11 is 0. The largest absolute Gasteiger partial charge is 0.456 e. The normalized spacial score (nSPS) is 14.2. The first-order valence-electron chi connectivity index (χ1n) is 13.6. The van der Waals surface area contributed by atoms with Crippen molar-refractivity contribution in [3.63, 3.8) is 0 Å². The summed E-state index contributed by atoms with van der Waals surface area (Å²) in [5.41, 5.74) is 0.993. The summed E-state index contributed by atoms with van der Waals surface area (Å²) in [6.45, 7) is 5.88. The predicted octanol–water partition coefficient (Wildman–Crippen LogP) is 4.98. The van der Waals surface area contributed by atoms with E-state index in [1.807, 2.05) is 10.8 Å². The van der Waals surface area contributed by atoms with E-state index in [4.69, 9.17) is 14.2 Å². The van der Waals surface area contributed by atoms with Crippen LogP contribution in [0.3, 0.4) is 0 Å². The Labute approximate surface area is 245 Å². The van der Waals surface area contributed by atoms with Crippen molar-refractivity contribution in [2.24, 2.45) is 0 Å². The Hall–Kier alpha value is -4.32. The van der Waals surface area contributed by atoms with Crippen LogP contribution < -0.4 is 4.72 Å². The molecule has 1 N–H and O–H groups in total. The van der Waals surface area contributed by atoms with Crippen molar-refractivity contribution in [2.45, 2.75) is 58.3 Å². The molecule has 0 unspecified atom stereocenters. The molecule has 0 radical (unpaired) electrons. The molecule has 1 fully saturated rings. The van der Waals surface area contributed by atoms with Gasteiger partial charge in [-0.3, -0.25) is 0 Å². The van der Waals surface area contributed by atoms with E-state index < -0.39 is 34.0 Å². The number of benzene rings is 2. The van der Waals surface area contributed by atoms with E-state index in [1.165, 1.54) is 12.3 Å². The van der Waals surface area contributed by atoms with E-state index in [2.05, 4.69) is 0 Å². The maximum Gasteiger partial charge on any atom is 0.422 e. The number of carbonyl (C=O) groups is 3. The number of carbonyl (C=O) groups excluding carboxylic acids is 3. The van der Waals surface area contributed by atoms with E-state index >= 15 is 0 Å². The Morgan fingerprint density at radius 1 is 0.857 bits per heavy atom. The van der Waals surface area contributed by atoms with E-state index in [-0.39, 0.29) is 24.8 Å². The number of aromatic nitrogens is 1. The van der Waals surface area contributed by atoms with Gasteiger partial charge in [0, 0.05) is 19.3 Å². The molecule has 3 aromatic rings. The summed E-state index contributed by atoms with van der Waals surface area (Å²) in [6, 6.07) is 19.3. The number of hydrogen-bond acceptors (Lipinski definition) is 8. The van der Waals surface area contributed by atoms with Crippen LogP contribution in [-0.2, 0) is 37.6 Å². The third kappa shape index (κ3) is 8.12. The molecule has 1 aromatic heterocycles. The first-order valence-corrected chi connectivity index (χ1v) is 15.0. The summed E-state index contributed by atoms with van der Waals surface area (Å²) in [5, 5.41) is 0. The zero-order valence-electron chi connectivity index (χ0n) is 23.8. The van der Waals surface area contributed by atoms with Gasteiger partial charge in [0.1, 0.15) is 24.5 Å². The standard InChI is InChI=1S/C30H35N3O8S/c1-30(2,3)41-29(36)32-17-14-24(15-18-32)25-16-19-33(26(25)27(34)39-20-22-10-6-4-7-11-22)42(37,38)31-28(35)40-21-23-12-8-5-9-13-23/h4-13,16,19,24H,14-15,17-18,20-21H2,1-3H3,(H,31,35). The Morgan fingerprint density at radius 2 is 1.40 bits per heavy atom. The van der Waals surface area contributed by atoms with Crippen LogP contribution in [0.25, 0.3) is 0 Å². The SMILES string of the molecule is CC(C)(C)OC(=O)N1CCC(c2ccn(S(=O)(=O)NC(=O)OCc3ccccc3)c2C(=O)OCc2ccccc2)CC1. The van der Waals surface area contributed by atoms with Gasteiger partial charge in [-0.2, -0.15) is 8.42 Å². The Balaban J connectivity index is 1.53. The lowest BCUT2D eigenvalue weighted by atomic mass is 9.89. The van der Waals surface area contributed by atoms with Crippen LogP contribution in [0.2, 0.25) is 0 Å². The molecule has 42 heavy (non-hydrogen) atoms. The molecule has 2 amide bonds. The number of nitrogens with one attached hydrogen (secondary N) is 1. The van der Waals surface area contributed by atoms with Gasteiger partial charge in [-0.15, -0.1) is 0 Å². The van der Waals surface area contributed by atoms with Gasteiger partial charge in [0.25, 0.3) is 0 Å². The van der Waals surface area contributed by atoms with Crippen LogP contribution in [-0.4, -0.2) is 54.1 Å². The summed E-state index contributed by atoms with van der Waals surface area (Å²) in [5.74, 6) is -1.11. The number of ether oxygens (including phenoxy) is 3.